The van der Waals surface area contributed by atoms with Crippen molar-refractivity contribution in [3.8, 4) is 11.8 Å². The van der Waals surface area contributed by atoms with Gasteiger partial charge in [-0.2, -0.15) is 0 Å². The van der Waals surface area contributed by atoms with Crippen LogP contribution in [-0.2, 0) is 4.79 Å². The second-order valence-corrected chi connectivity index (χ2v) is 12.5. The highest BCUT2D eigenvalue weighted by molar-refractivity contribution is 5.69. The van der Waals surface area contributed by atoms with Crippen LogP contribution in [0, 0.1) is 17.3 Å². The highest BCUT2D eigenvalue weighted by atomic mass is 16.5. The molecule has 3 aliphatic rings. The number of aromatic nitrogens is 2. The van der Waals surface area contributed by atoms with Gasteiger partial charge in [0.1, 0.15) is 6.10 Å². The van der Waals surface area contributed by atoms with Crippen molar-refractivity contribution in [2.45, 2.75) is 84.3 Å². The first-order chi connectivity index (χ1) is 18.7. The molecule has 2 aromatic heterocycles. The topological polar surface area (TPSA) is 88.0 Å². The molecule has 0 bridgehead atoms. The van der Waals surface area contributed by atoms with Gasteiger partial charge in [-0.05, 0) is 47.6 Å². The van der Waals surface area contributed by atoms with Crippen LogP contribution < -0.4 is 19.3 Å². The largest absolute Gasteiger partial charge is 0.481 e. The fraction of sp³-hybridized carbons (Fsp3) is 0.645. The number of methoxy groups -OCH3 is 1. The fourth-order valence-electron chi connectivity index (χ4n) is 7.04. The number of rotatable bonds is 8. The van der Waals surface area contributed by atoms with E-state index >= 15 is 0 Å². The van der Waals surface area contributed by atoms with Gasteiger partial charge < -0.3 is 24.4 Å². The number of carboxylic acid groups (broad SMARTS) is 1. The monoisotopic (exact) mass is 536 g/mol. The summed E-state index contributed by atoms with van der Waals surface area (Å²) in [6.45, 7) is 11.8. The second kappa shape index (κ2) is 11.2. The Labute approximate surface area is 232 Å². The number of carboxylic acids is 1. The molecule has 0 aromatic carbocycles. The Kier molecular flexibility index (Phi) is 7.92. The number of piperidine rings is 1. The zero-order valence-corrected chi connectivity index (χ0v) is 24.1. The molecular weight excluding hydrogens is 492 g/mol. The van der Waals surface area contributed by atoms with Crippen molar-refractivity contribution in [2.75, 3.05) is 36.5 Å². The molecule has 2 saturated heterocycles. The lowest BCUT2D eigenvalue weighted by Gasteiger charge is -2.37. The van der Waals surface area contributed by atoms with E-state index in [2.05, 4.69) is 53.5 Å². The normalized spacial score (nSPS) is 27.1. The molecule has 4 heterocycles. The van der Waals surface area contributed by atoms with E-state index in [9.17, 15) is 9.90 Å². The van der Waals surface area contributed by atoms with Gasteiger partial charge in [0.2, 0.25) is 11.8 Å². The van der Waals surface area contributed by atoms with Crippen molar-refractivity contribution >= 4 is 17.3 Å². The van der Waals surface area contributed by atoms with Crippen molar-refractivity contribution < 1.29 is 19.4 Å². The molecule has 1 unspecified atom stereocenters. The van der Waals surface area contributed by atoms with Gasteiger partial charge >= 0.3 is 5.97 Å². The third-order valence-corrected chi connectivity index (χ3v) is 9.62. The Morgan fingerprint density at radius 2 is 1.85 bits per heavy atom. The molecule has 0 spiro atoms. The van der Waals surface area contributed by atoms with Crippen LogP contribution >= 0.6 is 0 Å². The van der Waals surface area contributed by atoms with Crippen LogP contribution in [0.15, 0.2) is 30.6 Å². The molecule has 2 aliphatic heterocycles. The minimum Gasteiger partial charge on any atom is -0.481 e. The van der Waals surface area contributed by atoms with Crippen molar-refractivity contribution in [3.05, 3.63) is 36.2 Å². The fourth-order valence-corrected chi connectivity index (χ4v) is 7.04. The zero-order valence-electron chi connectivity index (χ0n) is 24.1. The first-order valence-electron chi connectivity index (χ1n) is 14.6. The Balaban J connectivity index is 1.22. The minimum atomic E-state index is -0.755. The van der Waals surface area contributed by atoms with Gasteiger partial charge in [0.25, 0.3) is 0 Å². The number of anilines is 2. The number of carbonyl (C=O) groups is 1. The van der Waals surface area contributed by atoms with Crippen molar-refractivity contribution in [2.24, 2.45) is 17.3 Å². The summed E-state index contributed by atoms with van der Waals surface area (Å²) >= 11 is 0. The summed E-state index contributed by atoms with van der Waals surface area (Å²) in [5, 5.41) is 9.40. The summed E-state index contributed by atoms with van der Waals surface area (Å²) in [7, 11) is 1.68. The van der Waals surface area contributed by atoms with Crippen molar-refractivity contribution in [1.82, 2.24) is 9.97 Å². The molecule has 8 heteroatoms. The van der Waals surface area contributed by atoms with Gasteiger partial charge in [0.05, 0.1) is 25.4 Å². The molecule has 212 valence electrons. The van der Waals surface area contributed by atoms with E-state index in [1.165, 1.54) is 30.5 Å². The number of hydrogen-bond acceptors (Lipinski definition) is 7. The van der Waals surface area contributed by atoms with Crippen LogP contribution in [0.4, 0.5) is 11.4 Å². The maximum Gasteiger partial charge on any atom is 0.305 e. The molecule has 5 rings (SSSR count). The predicted molar refractivity (Wildman–Crippen MR) is 153 cm³/mol. The molecule has 39 heavy (non-hydrogen) atoms. The third-order valence-electron chi connectivity index (χ3n) is 9.62. The zero-order chi connectivity index (χ0) is 27.7. The lowest BCUT2D eigenvalue weighted by Crippen LogP contribution is -2.39. The van der Waals surface area contributed by atoms with E-state index in [4.69, 9.17) is 9.47 Å². The first kappa shape index (κ1) is 27.5. The summed E-state index contributed by atoms with van der Waals surface area (Å²) < 4.78 is 11.8. The molecular formula is C31H44N4O4. The SMILES string of the molecule is COc1cc(N2CCC(Oc3ccc(N4C[C@H](C)[C@@H](C)[C@@H]4CC(=O)O)cn3)CC2)c(C2CCCC2(C)C)cn1. The first-order valence-corrected chi connectivity index (χ1v) is 14.6. The van der Waals surface area contributed by atoms with Crippen LogP contribution in [0.1, 0.15) is 77.7 Å². The Hall–Kier alpha value is -3.03. The van der Waals surface area contributed by atoms with Crippen LogP contribution in [0.3, 0.4) is 0 Å². The van der Waals surface area contributed by atoms with Crippen LogP contribution in [-0.4, -0.2) is 59.9 Å². The standard InChI is InChI=1S/C31H44N4O4/c1-20-19-35(26(21(20)2)16-30(36)37)22-8-9-28(32-17-22)39-23-10-13-34(14-11-23)27-15-29(38-5)33-18-24(27)25-7-6-12-31(25,3)4/h8-9,15,17-18,20-21,23,25-26H,6-7,10-14,16,19H2,1-5H3,(H,36,37)/t20-,21+,25?,26-/m0/s1. The van der Waals surface area contributed by atoms with E-state index in [0.717, 1.165) is 38.2 Å². The summed E-state index contributed by atoms with van der Waals surface area (Å²) in [6, 6.07) is 6.06. The van der Waals surface area contributed by atoms with E-state index in [1.807, 2.05) is 24.5 Å². The smallest absolute Gasteiger partial charge is 0.305 e. The lowest BCUT2D eigenvalue weighted by atomic mass is 9.77. The van der Waals surface area contributed by atoms with E-state index < -0.39 is 5.97 Å². The van der Waals surface area contributed by atoms with Gasteiger partial charge in [0.15, 0.2) is 0 Å². The van der Waals surface area contributed by atoms with E-state index in [1.54, 1.807) is 7.11 Å². The summed E-state index contributed by atoms with van der Waals surface area (Å²) in [4.78, 5) is 25.3. The molecule has 0 radical (unpaired) electrons. The van der Waals surface area contributed by atoms with E-state index in [0.29, 0.717) is 29.5 Å². The maximum absolute atomic E-state index is 11.4. The van der Waals surface area contributed by atoms with Crippen molar-refractivity contribution in [3.63, 3.8) is 0 Å². The average molecular weight is 537 g/mol. The Morgan fingerprint density at radius 1 is 1.10 bits per heavy atom. The number of aliphatic carboxylic acids is 1. The lowest BCUT2D eigenvalue weighted by molar-refractivity contribution is -0.137. The van der Waals surface area contributed by atoms with Crippen LogP contribution in [0.25, 0.3) is 0 Å². The average Bonchev–Trinajstić information content (AvgIpc) is 3.42. The van der Waals surface area contributed by atoms with Gasteiger partial charge in [-0.25, -0.2) is 9.97 Å². The van der Waals surface area contributed by atoms with Crippen LogP contribution in [0.5, 0.6) is 11.8 Å². The highest BCUT2D eigenvalue weighted by Crippen LogP contribution is 2.51. The molecule has 1 saturated carbocycles. The predicted octanol–water partition coefficient (Wildman–Crippen LogP) is 5.76. The number of pyridine rings is 2. The minimum absolute atomic E-state index is 0.0121. The number of hydrogen-bond donors (Lipinski definition) is 1. The third kappa shape index (κ3) is 5.80. The summed E-state index contributed by atoms with van der Waals surface area (Å²) in [6.07, 6.45) is 9.70. The van der Waals surface area contributed by atoms with Gasteiger partial charge in [-0.15, -0.1) is 0 Å². The number of nitrogens with zero attached hydrogens (tertiary/aromatic N) is 4. The van der Waals surface area contributed by atoms with Crippen molar-refractivity contribution in [1.29, 1.82) is 0 Å². The molecule has 2 aromatic rings. The summed E-state index contributed by atoms with van der Waals surface area (Å²) in [5.41, 5.74) is 3.85. The molecule has 4 atom stereocenters. The Morgan fingerprint density at radius 3 is 2.46 bits per heavy atom. The molecule has 0 amide bonds. The van der Waals surface area contributed by atoms with E-state index in [-0.39, 0.29) is 24.0 Å². The van der Waals surface area contributed by atoms with Gasteiger partial charge in [-0.3, -0.25) is 4.79 Å². The molecule has 8 nitrogen and oxygen atoms in total. The Bertz CT molecular complexity index is 1150. The van der Waals surface area contributed by atoms with Gasteiger partial charge in [-0.1, -0.05) is 34.1 Å². The molecule has 1 aliphatic carbocycles. The molecule has 1 N–H and O–H groups in total. The molecule has 3 fully saturated rings. The number of ether oxygens (including phenoxy) is 2. The highest BCUT2D eigenvalue weighted by Gasteiger charge is 2.39. The summed E-state index contributed by atoms with van der Waals surface area (Å²) in [5.74, 6) is 1.82. The van der Waals surface area contributed by atoms with Crippen LogP contribution in [0.2, 0.25) is 0 Å². The quantitative estimate of drug-likeness (QED) is 0.456. The maximum atomic E-state index is 11.4. The second-order valence-electron chi connectivity index (χ2n) is 12.5. The van der Waals surface area contributed by atoms with Gasteiger partial charge in [0, 0.05) is 62.5 Å².